The average Bonchev–Trinajstić information content (AvgIpc) is 3.49. The van der Waals surface area contributed by atoms with Crippen LogP contribution >= 0.6 is 0 Å². The van der Waals surface area contributed by atoms with Crippen molar-refractivity contribution in [3.8, 4) is 11.5 Å². The van der Waals surface area contributed by atoms with Crippen LogP contribution in [0.1, 0.15) is 43.0 Å². The van der Waals surface area contributed by atoms with Gasteiger partial charge >= 0.3 is 5.69 Å². The van der Waals surface area contributed by atoms with Gasteiger partial charge in [-0.15, -0.1) is 0 Å². The molecule has 1 aromatic carbocycles. The molecule has 0 spiro atoms. The van der Waals surface area contributed by atoms with E-state index in [2.05, 4.69) is 10.4 Å². The molecule has 2 aromatic rings. The van der Waals surface area contributed by atoms with E-state index >= 15 is 0 Å². The quantitative estimate of drug-likeness (QED) is 0.709. The number of piperidine rings is 1. The molecule has 3 heterocycles. The van der Waals surface area contributed by atoms with Gasteiger partial charge in [-0.25, -0.2) is 9.48 Å². The van der Waals surface area contributed by atoms with Crippen molar-refractivity contribution >= 4 is 11.8 Å². The predicted molar refractivity (Wildman–Crippen MR) is 113 cm³/mol. The van der Waals surface area contributed by atoms with Crippen molar-refractivity contribution in [1.29, 1.82) is 0 Å². The number of nitrogens with one attached hydrogen (secondary N) is 1. The molecule has 0 atom stereocenters. The summed E-state index contributed by atoms with van der Waals surface area (Å²) in [5.41, 5.74) is 0.568. The fourth-order valence-corrected chi connectivity index (χ4v) is 4.35. The Labute approximate surface area is 185 Å². The van der Waals surface area contributed by atoms with Gasteiger partial charge in [0, 0.05) is 38.5 Å². The summed E-state index contributed by atoms with van der Waals surface area (Å²) in [7, 11) is 1.69. The number of carbonyl (C=O) groups excluding carboxylic acids is 2. The number of hydrogen-bond donors (Lipinski definition) is 1. The standard InChI is InChI=1S/C22H27N5O5/c1-25-20(15-6-8-26(9-7-15)21(29)16-3-4-16)24-27(22(25)30)12-19(28)23-11-14-2-5-17-18(10-14)32-13-31-17/h2,5,10,15-16H,3-4,6-9,11-13H2,1H3,(H,23,28). The summed E-state index contributed by atoms with van der Waals surface area (Å²) in [6.07, 6.45) is 3.57. The zero-order chi connectivity index (χ0) is 22.2. The van der Waals surface area contributed by atoms with Crippen molar-refractivity contribution in [1.82, 2.24) is 24.6 Å². The molecular weight excluding hydrogens is 414 g/mol. The molecule has 10 nitrogen and oxygen atoms in total. The second kappa shape index (κ2) is 8.33. The van der Waals surface area contributed by atoms with E-state index in [1.807, 2.05) is 23.1 Å². The van der Waals surface area contributed by atoms with Crippen LogP contribution < -0.4 is 20.5 Å². The van der Waals surface area contributed by atoms with Crippen LogP contribution in [0.15, 0.2) is 23.0 Å². The minimum absolute atomic E-state index is 0.105. The van der Waals surface area contributed by atoms with E-state index in [1.54, 1.807) is 7.05 Å². The number of fused-ring (bicyclic) bond motifs is 1. The number of nitrogens with zero attached hydrogens (tertiary/aromatic N) is 4. The SMILES string of the molecule is Cn1c(C2CCN(C(=O)C3CC3)CC2)nn(CC(=O)NCc2ccc3c(c2)OCO3)c1=O. The molecule has 3 aliphatic rings. The highest BCUT2D eigenvalue weighted by atomic mass is 16.7. The zero-order valence-corrected chi connectivity index (χ0v) is 18.1. The van der Waals surface area contributed by atoms with Crippen molar-refractivity contribution < 1.29 is 19.1 Å². The second-order valence-corrected chi connectivity index (χ2v) is 8.70. The first-order valence-electron chi connectivity index (χ1n) is 11.1. The Bertz CT molecular complexity index is 1090. The Kier molecular flexibility index (Phi) is 5.36. The average molecular weight is 441 g/mol. The van der Waals surface area contributed by atoms with Gasteiger partial charge in [0.25, 0.3) is 0 Å². The van der Waals surface area contributed by atoms with Gasteiger partial charge in [0.15, 0.2) is 11.5 Å². The van der Waals surface area contributed by atoms with E-state index in [0.717, 1.165) is 31.2 Å². The molecule has 170 valence electrons. The highest BCUT2D eigenvalue weighted by molar-refractivity contribution is 5.81. The van der Waals surface area contributed by atoms with Gasteiger partial charge in [0.1, 0.15) is 12.4 Å². The van der Waals surface area contributed by atoms with E-state index in [4.69, 9.17) is 9.47 Å². The van der Waals surface area contributed by atoms with Crippen LogP contribution in [0, 0.1) is 5.92 Å². The van der Waals surface area contributed by atoms with E-state index in [-0.39, 0.29) is 42.7 Å². The third-order valence-corrected chi connectivity index (χ3v) is 6.39. The summed E-state index contributed by atoms with van der Waals surface area (Å²) >= 11 is 0. The molecule has 0 bridgehead atoms. The topological polar surface area (TPSA) is 108 Å². The summed E-state index contributed by atoms with van der Waals surface area (Å²) in [6, 6.07) is 5.50. The number of rotatable bonds is 6. The van der Waals surface area contributed by atoms with Crippen LogP contribution in [0.5, 0.6) is 11.5 Å². The number of aromatic nitrogens is 3. The van der Waals surface area contributed by atoms with Gasteiger partial charge in [-0.3, -0.25) is 14.2 Å². The van der Waals surface area contributed by atoms with Gasteiger partial charge in [0.2, 0.25) is 18.6 Å². The van der Waals surface area contributed by atoms with Crippen LogP contribution in [0.2, 0.25) is 0 Å². The Morgan fingerprint density at radius 1 is 1.12 bits per heavy atom. The Balaban J connectivity index is 1.18. The first-order valence-corrected chi connectivity index (χ1v) is 11.1. The van der Waals surface area contributed by atoms with E-state index in [0.29, 0.717) is 37.0 Å². The maximum atomic E-state index is 12.6. The largest absolute Gasteiger partial charge is 0.454 e. The van der Waals surface area contributed by atoms with Crippen molar-refractivity contribution in [2.75, 3.05) is 19.9 Å². The lowest BCUT2D eigenvalue weighted by Gasteiger charge is -2.31. The number of benzene rings is 1. The molecule has 0 radical (unpaired) electrons. The zero-order valence-electron chi connectivity index (χ0n) is 18.1. The predicted octanol–water partition coefficient (Wildman–Crippen LogP) is 0.743. The lowest BCUT2D eigenvalue weighted by molar-refractivity contribution is -0.133. The van der Waals surface area contributed by atoms with Crippen molar-refractivity contribution in [2.45, 2.75) is 44.7 Å². The third-order valence-electron chi connectivity index (χ3n) is 6.39. The first-order chi connectivity index (χ1) is 15.5. The Morgan fingerprint density at radius 2 is 1.88 bits per heavy atom. The van der Waals surface area contributed by atoms with Gasteiger partial charge in [-0.2, -0.15) is 5.10 Å². The lowest BCUT2D eigenvalue weighted by atomic mass is 9.95. The number of carbonyl (C=O) groups is 2. The molecule has 1 aromatic heterocycles. The molecule has 5 rings (SSSR count). The monoisotopic (exact) mass is 441 g/mol. The maximum Gasteiger partial charge on any atom is 0.346 e. The summed E-state index contributed by atoms with van der Waals surface area (Å²) < 4.78 is 13.4. The Morgan fingerprint density at radius 3 is 2.62 bits per heavy atom. The molecule has 2 aliphatic heterocycles. The highest BCUT2D eigenvalue weighted by Gasteiger charge is 2.36. The lowest BCUT2D eigenvalue weighted by Crippen LogP contribution is -2.39. The molecule has 10 heteroatoms. The fourth-order valence-electron chi connectivity index (χ4n) is 4.35. The fraction of sp³-hybridized carbons (Fsp3) is 0.545. The second-order valence-electron chi connectivity index (χ2n) is 8.70. The van der Waals surface area contributed by atoms with Gasteiger partial charge in [-0.05, 0) is 43.4 Å². The van der Waals surface area contributed by atoms with Crippen LogP contribution in [-0.2, 0) is 29.7 Å². The van der Waals surface area contributed by atoms with Gasteiger partial charge < -0.3 is 19.7 Å². The summed E-state index contributed by atoms with van der Waals surface area (Å²) in [5.74, 6) is 2.33. The number of ether oxygens (including phenoxy) is 2. The van der Waals surface area contributed by atoms with Gasteiger partial charge in [-0.1, -0.05) is 6.07 Å². The van der Waals surface area contributed by atoms with E-state index in [1.165, 1.54) is 9.25 Å². The molecule has 1 aliphatic carbocycles. The van der Waals surface area contributed by atoms with E-state index in [9.17, 15) is 14.4 Å². The summed E-state index contributed by atoms with van der Waals surface area (Å²) in [5, 5.41) is 7.28. The minimum Gasteiger partial charge on any atom is -0.454 e. The molecular formula is C22H27N5O5. The van der Waals surface area contributed by atoms with Crippen molar-refractivity contribution in [2.24, 2.45) is 13.0 Å². The van der Waals surface area contributed by atoms with Crippen LogP contribution in [0.25, 0.3) is 0 Å². The normalized spacial score (nSPS) is 18.1. The molecule has 32 heavy (non-hydrogen) atoms. The highest BCUT2D eigenvalue weighted by Crippen LogP contribution is 2.34. The number of amides is 2. The Hall–Kier alpha value is -3.30. The molecule has 0 unspecified atom stereocenters. The molecule has 1 saturated carbocycles. The summed E-state index contributed by atoms with van der Waals surface area (Å²) in [4.78, 5) is 39.3. The van der Waals surface area contributed by atoms with Gasteiger partial charge in [0.05, 0.1) is 0 Å². The number of hydrogen-bond acceptors (Lipinski definition) is 6. The molecule has 2 fully saturated rings. The molecule has 1 N–H and O–H groups in total. The first kappa shape index (κ1) is 20.6. The van der Waals surface area contributed by atoms with Crippen molar-refractivity contribution in [3.63, 3.8) is 0 Å². The smallest absolute Gasteiger partial charge is 0.346 e. The third kappa shape index (κ3) is 4.09. The van der Waals surface area contributed by atoms with Crippen LogP contribution in [-0.4, -0.2) is 50.9 Å². The van der Waals surface area contributed by atoms with E-state index < -0.39 is 0 Å². The van der Waals surface area contributed by atoms with Crippen molar-refractivity contribution in [3.05, 3.63) is 40.1 Å². The molecule has 1 saturated heterocycles. The minimum atomic E-state index is -0.310. The number of likely N-dealkylation sites (tertiary alicyclic amines) is 1. The van der Waals surface area contributed by atoms with Crippen LogP contribution in [0.3, 0.4) is 0 Å². The molecule has 2 amide bonds. The van der Waals surface area contributed by atoms with Crippen LogP contribution in [0.4, 0.5) is 0 Å². The maximum absolute atomic E-state index is 12.6. The summed E-state index contributed by atoms with van der Waals surface area (Å²) in [6.45, 7) is 1.76.